The average Bonchev–Trinajstić information content (AvgIpc) is 2.42. The lowest BCUT2D eigenvalue weighted by Crippen LogP contribution is -2.13. The summed E-state index contributed by atoms with van der Waals surface area (Å²) in [5.41, 5.74) is 0. The molecule has 0 spiro atoms. The molecule has 114 valence electrons. The first-order valence-corrected chi connectivity index (χ1v) is 8.40. The summed E-state index contributed by atoms with van der Waals surface area (Å²) in [4.78, 5) is 11.6. The molecule has 0 rings (SSSR count). The van der Waals surface area contributed by atoms with E-state index >= 15 is 0 Å². The fourth-order valence-electron chi connectivity index (χ4n) is 2.32. The molecule has 1 atom stereocenters. The topological polar surface area (TPSA) is 26.3 Å². The molecule has 0 aliphatic rings. The summed E-state index contributed by atoms with van der Waals surface area (Å²) in [5.74, 6) is 0.561. The number of ether oxygens (including phenoxy) is 1. The third kappa shape index (κ3) is 12.3. The normalized spacial score (nSPS) is 12.4. The van der Waals surface area contributed by atoms with Crippen molar-refractivity contribution in [2.45, 2.75) is 91.4 Å². The van der Waals surface area contributed by atoms with E-state index in [0.717, 1.165) is 12.8 Å². The Kier molecular flexibility index (Phi) is 13.5. The zero-order valence-corrected chi connectivity index (χ0v) is 13.4. The van der Waals surface area contributed by atoms with Crippen molar-refractivity contribution in [3.63, 3.8) is 0 Å². The Hall–Kier alpha value is -0.530. The molecule has 19 heavy (non-hydrogen) atoms. The van der Waals surface area contributed by atoms with Crippen LogP contribution in [0.1, 0.15) is 91.4 Å². The smallest absolute Gasteiger partial charge is 0.305 e. The Morgan fingerprint density at radius 1 is 0.895 bits per heavy atom. The van der Waals surface area contributed by atoms with Crippen molar-refractivity contribution in [1.29, 1.82) is 0 Å². The van der Waals surface area contributed by atoms with Crippen LogP contribution in [0, 0.1) is 5.92 Å². The molecule has 0 aromatic rings. The number of hydrogen-bond acceptors (Lipinski definition) is 2. The summed E-state index contributed by atoms with van der Waals surface area (Å²) in [6, 6.07) is 0. The van der Waals surface area contributed by atoms with Crippen LogP contribution < -0.4 is 0 Å². The maximum Gasteiger partial charge on any atom is 0.305 e. The molecule has 0 bridgehead atoms. The molecule has 0 heterocycles. The van der Waals surface area contributed by atoms with E-state index in [9.17, 15) is 4.79 Å². The van der Waals surface area contributed by atoms with Crippen molar-refractivity contribution >= 4 is 5.97 Å². The predicted molar refractivity (Wildman–Crippen MR) is 82.3 cm³/mol. The maximum atomic E-state index is 11.6. The van der Waals surface area contributed by atoms with Crippen LogP contribution in [0.15, 0.2) is 0 Å². The fraction of sp³-hybridized carbons (Fsp3) is 0.941. The Morgan fingerprint density at radius 3 is 2.11 bits per heavy atom. The number of carbonyl (C=O) groups excluding carboxylic acids is 1. The van der Waals surface area contributed by atoms with Crippen molar-refractivity contribution < 1.29 is 9.53 Å². The second kappa shape index (κ2) is 13.9. The van der Waals surface area contributed by atoms with E-state index in [1.165, 1.54) is 51.4 Å². The summed E-state index contributed by atoms with van der Waals surface area (Å²) < 4.78 is 5.35. The molecule has 2 nitrogen and oxygen atoms in total. The van der Waals surface area contributed by atoms with Crippen LogP contribution >= 0.6 is 0 Å². The highest BCUT2D eigenvalue weighted by Gasteiger charge is 2.09. The molecule has 0 aliphatic carbocycles. The largest absolute Gasteiger partial charge is 0.465 e. The van der Waals surface area contributed by atoms with Gasteiger partial charge in [0.25, 0.3) is 0 Å². The summed E-state index contributed by atoms with van der Waals surface area (Å²) >= 11 is 0. The minimum Gasteiger partial charge on any atom is -0.465 e. The summed E-state index contributed by atoms with van der Waals surface area (Å²) in [7, 11) is 0. The third-order valence-electron chi connectivity index (χ3n) is 3.74. The highest BCUT2D eigenvalue weighted by Crippen LogP contribution is 2.12. The minimum atomic E-state index is 0.00288. The van der Waals surface area contributed by atoms with Gasteiger partial charge in [0.2, 0.25) is 0 Å². The lowest BCUT2D eigenvalue weighted by atomic mass is 10.0. The number of carbonyl (C=O) groups is 1. The molecule has 0 aromatic carbocycles. The second-order valence-electron chi connectivity index (χ2n) is 5.62. The van der Waals surface area contributed by atoms with Gasteiger partial charge >= 0.3 is 5.97 Å². The molecular formula is C17H34O2. The van der Waals surface area contributed by atoms with E-state index in [-0.39, 0.29) is 5.97 Å². The quantitative estimate of drug-likeness (QED) is 0.326. The number of esters is 1. The van der Waals surface area contributed by atoms with Crippen LogP contribution in [0.3, 0.4) is 0 Å². The summed E-state index contributed by atoms with van der Waals surface area (Å²) in [5, 5.41) is 0. The average molecular weight is 270 g/mol. The van der Waals surface area contributed by atoms with Gasteiger partial charge in [0.1, 0.15) is 0 Å². The van der Waals surface area contributed by atoms with Crippen molar-refractivity contribution in [2.75, 3.05) is 6.61 Å². The van der Waals surface area contributed by atoms with Gasteiger partial charge in [0, 0.05) is 6.42 Å². The molecular weight excluding hydrogens is 236 g/mol. The van der Waals surface area contributed by atoms with Crippen molar-refractivity contribution in [1.82, 2.24) is 0 Å². The molecule has 1 unspecified atom stereocenters. The molecule has 0 aliphatic heterocycles. The van der Waals surface area contributed by atoms with Gasteiger partial charge in [-0.3, -0.25) is 4.79 Å². The van der Waals surface area contributed by atoms with Crippen LogP contribution in [0.2, 0.25) is 0 Å². The van der Waals surface area contributed by atoms with Crippen LogP contribution in [0.25, 0.3) is 0 Å². The zero-order valence-electron chi connectivity index (χ0n) is 13.4. The van der Waals surface area contributed by atoms with Crippen molar-refractivity contribution in [2.24, 2.45) is 5.92 Å². The van der Waals surface area contributed by atoms with Crippen LogP contribution in [-0.2, 0) is 9.53 Å². The molecule has 0 N–H and O–H groups in total. The van der Waals surface area contributed by atoms with E-state index in [4.69, 9.17) is 4.74 Å². The Balaban J connectivity index is 3.38. The van der Waals surface area contributed by atoms with Gasteiger partial charge in [-0.15, -0.1) is 0 Å². The second-order valence-corrected chi connectivity index (χ2v) is 5.62. The fourth-order valence-corrected chi connectivity index (χ4v) is 2.32. The summed E-state index contributed by atoms with van der Waals surface area (Å²) in [6.07, 6.45) is 12.8. The van der Waals surface area contributed by atoms with Crippen molar-refractivity contribution in [3.8, 4) is 0 Å². The van der Waals surface area contributed by atoms with Crippen LogP contribution in [-0.4, -0.2) is 12.6 Å². The van der Waals surface area contributed by atoms with Crippen LogP contribution in [0.4, 0.5) is 0 Å². The van der Waals surface area contributed by atoms with Gasteiger partial charge in [0.05, 0.1) is 6.61 Å². The molecule has 0 amide bonds. The highest BCUT2D eigenvalue weighted by atomic mass is 16.5. The Labute approximate surface area is 120 Å². The first-order valence-electron chi connectivity index (χ1n) is 8.40. The lowest BCUT2D eigenvalue weighted by molar-refractivity contribution is -0.145. The van der Waals surface area contributed by atoms with Gasteiger partial charge in [-0.25, -0.2) is 0 Å². The van der Waals surface area contributed by atoms with Gasteiger partial charge in [-0.2, -0.15) is 0 Å². The third-order valence-corrected chi connectivity index (χ3v) is 3.74. The van der Waals surface area contributed by atoms with Crippen molar-refractivity contribution in [3.05, 3.63) is 0 Å². The SMILES string of the molecule is CCCCCCCCCC(=O)OCC(CC)CCC. The standard InChI is InChI=1S/C17H34O2/c1-4-7-8-9-10-11-12-14-17(18)19-15-16(6-3)13-5-2/h16H,4-15H2,1-3H3. The first kappa shape index (κ1) is 18.5. The molecule has 0 radical (unpaired) electrons. The van der Waals surface area contributed by atoms with E-state index in [2.05, 4.69) is 20.8 Å². The van der Waals surface area contributed by atoms with Gasteiger partial charge in [-0.05, 0) is 18.8 Å². The Morgan fingerprint density at radius 2 is 1.53 bits per heavy atom. The van der Waals surface area contributed by atoms with E-state index in [1.807, 2.05) is 0 Å². The molecule has 0 saturated heterocycles. The molecule has 0 aromatic heterocycles. The number of unbranched alkanes of at least 4 members (excludes halogenated alkanes) is 6. The Bertz CT molecular complexity index is 201. The van der Waals surface area contributed by atoms with E-state index < -0.39 is 0 Å². The van der Waals surface area contributed by atoms with Gasteiger partial charge in [0.15, 0.2) is 0 Å². The zero-order chi connectivity index (χ0) is 14.3. The lowest BCUT2D eigenvalue weighted by Gasteiger charge is -2.13. The first-order chi connectivity index (χ1) is 9.24. The molecule has 0 saturated carbocycles. The maximum absolute atomic E-state index is 11.6. The highest BCUT2D eigenvalue weighted by molar-refractivity contribution is 5.69. The molecule has 0 fully saturated rings. The van der Waals surface area contributed by atoms with E-state index in [1.54, 1.807) is 0 Å². The van der Waals surface area contributed by atoms with E-state index in [0.29, 0.717) is 18.9 Å². The summed E-state index contributed by atoms with van der Waals surface area (Å²) in [6.45, 7) is 7.21. The molecule has 2 heteroatoms. The van der Waals surface area contributed by atoms with Crippen LogP contribution in [0.5, 0.6) is 0 Å². The monoisotopic (exact) mass is 270 g/mol. The minimum absolute atomic E-state index is 0.00288. The van der Waals surface area contributed by atoms with Gasteiger partial charge in [-0.1, -0.05) is 72.1 Å². The number of hydrogen-bond donors (Lipinski definition) is 0. The van der Waals surface area contributed by atoms with Gasteiger partial charge < -0.3 is 4.74 Å². The predicted octanol–water partition coefficient (Wildman–Crippen LogP) is 5.50. The number of rotatable bonds is 13.